The Bertz CT molecular complexity index is 1440. The second kappa shape index (κ2) is 12.5. The van der Waals surface area contributed by atoms with Gasteiger partial charge in [-0.05, 0) is 63.9 Å². The number of nitrogens with zero attached hydrogens (tertiary/aromatic N) is 6. The van der Waals surface area contributed by atoms with E-state index in [4.69, 9.17) is 15.5 Å². The summed E-state index contributed by atoms with van der Waals surface area (Å²) in [6, 6.07) is 2.97. The summed E-state index contributed by atoms with van der Waals surface area (Å²) in [5, 5.41) is 20.3. The minimum Gasteiger partial charge on any atom is -0.474 e. The summed E-state index contributed by atoms with van der Waals surface area (Å²) in [5.41, 5.74) is 6.28. The van der Waals surface area contributed by atoms with Gasteiger partial charge in [-0.1, -0.05) is 6.08 Å². The normalized spacial score (nSPS) is 29.2. The molecule has 0 aromatic carbocycles. The molecule has 14 heteroatoms. The number of amidine groups is 1. The number of piperidine rings is 1. The molecule has 4 aliphatic rings. The van der Waals surface area contributed by atoms with Crippen LogP contribution in [0, 0.1) is 11.3 Å². The molecule has 244 valence electrons. The van der Waals surface area contributed by atoms with E-state index in [-0.39, 0.29) is 36.4 Å². The van der Waals surface area contributed by atoms with Crippen molar-refractivity contribution in [2.24, 2.45) is 27.1 Å². The molecular formula is C31H42F3N9O2. The molecule has 1 saturated heterocycles. The van der Waals surface area contributed by atoms with Gasteiger partial charge in [-0.2, -0.15) is 18.3 Å². The number of nitrogens with two attached hydrogens (primary N) is 1. The molecule has 2 aromatic rings. The molecule has 5 N–H and O–H groups in total. The Balaban J connectivity index is 1.02. The third-order valence-electron chi connectivity index (χ3n) is 9.63. The molecule has 5 heterocycles. The zero-order valence-corrected chi connectivity index (χ0v) is 25.7. The van der Waals surface area contributed by atoms with Gasteiger partial charge < -0.3 is 31.1 Å². The number of ether oxygens (including phenoxy) is 1. The van der Waals surface area contributed by atoms with Crippen LogP contribution in [-0.2, 0) is 24.8 Å². The van der Waals surface area contributed by atoms with E-state index in [0.717, 1.165) is 49.9 Å². The molecule has 0 bridgehead atoms. The first kappa shape index (κ1) is 31.6. The van der Waals surface area contributed by atoms with Crippen molar-refractivity contribution in [3.63, 3.8) is 0 Å². The molecule has 2 aromatic heterocycles. The lowest BCUT2D eigenvalue weighted by Gasteiger charge is -2.52. The van der Waals surface area contributed by atoms with Crippen molar-refractivity contribution >= 4 is 12.2 Å². The van der Waals surface area contributed by atoms with Gasteiger partial charge in [0.05, 0.1) is 18.2 Å². The highest BCUT2D eigenvalue weighted by Crippen LogP contribution is 2.46. The highest BCUT2D eigenvalue weighted by Gasteiger charge is 2.47. The predicted molar refractivity (Wildman–Crippen MR) is 164 cm³/mol. The van der Waals surface area contributed by atoms with Crippen molar-refractivity contribution in [1.29, 1.82) is 0 Å². The van der Waals surface area contributed by atoms with Crippen LogP contribution in [0.25, 0.3) is 0 Å². The van der Waals surface area contributed by atoms with Gasteiger partial charge in [0.15, 0.2) is 0 Å². The van der Waals surface area contributed by atoms with Crippen molar-refractivity contribution in [3.05, 3.63) is 53.6 Å². The minimum atomic E-state index is -4.58. The van der Waals surface area contributed by atoms with Crippen LogP contribution in [0.5, 0.6) is 5.88 Å². The van der Waals surface area contributed by atoms with E-state index in [2.05, 4.69) is 49.8 Å². The Morgan fingerprint density at radius 1 is 1.24 bits per heavy atom. The molecule has 0 radical (unpaired) electrons. The zero-order valence-electron chi connectivity index (χ0n) is 25.7. The summed E-state index contributed by atoms with van der Waals surface area (Å²) < 4.78 is 48.6. The van der Waals surface area contributed by atoms with Crippen molar-refractivity contribution in [1.82, 2.24) is 30.3 Å². The van der Waals surface area contributed by atoms with Gasteiger partial charge in [-0.3, -0.25) is 9.67 Å². The number of pyridine rings is 1. The van der Waals surface area contributed by atoms with E-state index in [1.165, 1.54) is 0 Å². The second-order valence-electron chi connectivity index (χ2n) is 13.1. The molecule has 2 unspecified atom stereocenters. The third kappa shape index (κ3) is 6.79. The van der Waals surface area contributed by atoms with Crippen LogP contribution in [0.4, 0.5) is 13.2 Å². The van der Waals surface area contributed by atoms with E-state index in [1.807, 2.05) is 17.1 Å². The maximum absolute atomic E-state index is 13.5. The van der Waals surface area contributed by atoms with Crippen LogP contribution < -0.4 is 21.1 Å². The lowest BCUT2D eigenvalue weighted by molar-refractivity contribution is -0.141. The highest BCUT2D eigenvalue weighted by molar-refractivity contribution is 5.97. The van der Waals surface area contributed by atoms with E-state index in [1.54, 1.807) is 19.3 Å². The van der Waals surface area contributed by atoms with Gasteiger partial charge in [-0.15, -0.1) is 0 Å². The minimum absolute atomic E-state index is 0.0157. The number of aliphatic imine (C=N–C) groups is 2. The quantitative estimate of drug-likeness (QED) is 0.298. The number of fused-ring (bicyclic) bond motifs is 1. The van der Waals surface area contributed by atoms with Crippen molar-refractivity contribution in [3.8, 4) is 5.88 Å². The van der Waals surface area contributed by atoms with E-state index >= 15 is 0 Å². The SMILES string of the molecule is C[C@@H](O)CNCc1cc(OC2CCN(C3CC(CN)(Cn4cc(C5(C)N=CN=C6NC=CC65)cn4)C3)CC2)nc(C(F)(F)F)c1. The molecule has 1 aliphatic carbocycles. The second-order valence-corrected chi connectivity index (χ2v) is 13.1. The van der Waals surface area contributed by atoms with E-state index in [9.17, 15) is 18.3 Å². The summed E-state index contributed by atoms with van der Waals surface area (Å²) in [6.45, 7) is 7.05. The number of nitrogens with one attached hydrogen (secondary N) is 2. The van der Waals surface area contributed by atoms with Crippen LogP contribution in [0.1, 0.15) is 56.4 Å². The topological polar surface area (TPSA) is 138 Å². The number of aromatic nitrogens is 3. The molecule has 45 heavy (non-hydrogen) atoms. The molecule has 2 fully saturated rings. The molecule has 6 rings (SSSR count). The average molecular weight is 630 g/mol. The van der Waals surface area contributed by atoms with Crippen molar-refractivity contribution in [2.45, 2.75) is 82.6 Å². The Labute approximate surface area is 260 Å². The number of likely N-dealkylation sites (tertiary alicyclic amines) is 1. The summed E-state index contributed by atoms with van der Waals surface area (Å²) >= 11 is 0. The van der Waals surface area contributed by atoms with Crippen LogP contribution in [0.15, 0.2) is 46.8 Å². The van der Waals surface area contributed by atoms with Crippen LogP contribution >= 0.6 is 0 Å². The van der Waals surface area contributed by atoms with Gasteiger partial charge in [0.25, 0.3) is 0 Å². The number of aliphatic hydroxyl groups excluding tert-OH is 1. The Morgan fingerprint density at radius 2 is 2.02 bits per heavy atom. The fraction of sp³-hybridized carbons (Fsp3) is 0.613. The molecule has 0 spiro atoms. The fourth-order valence-electron chi connectivity index (χ4n) is 6.96. The molecule has 3 atom stereocenters. The maximum atomic E-state index is 13.5. The number of hydrogen-bond donors (Lipinski definition) is 4. The molecular weight excluding hydrogens is 587 g/mol. The van der Waals surface area contributed by atoms with Gasteiger partial charge in [-0.25, -0.2) is 9.98 Å². The number of alkyl halides is 3. The zero-order chi connectivity index (χ0) is 31.8. The first-order valence-corrected chi connectivity index (χ1v) is 15.6. The smallest absolute Gasteiger partial charge is 0.433 e. The standard InChI is InChI=1S/C31H42F3N9O2/c1-20(44)13-36-14-21-9-26(31(32,33)34)41-27(10-21)45-24-4-7-42(8-5-24)23-11-30(12-23,17-35)18-43-16-22(15-40-43)29(2)25-3-6-37-28(25)38-19-39-29/h3,6,9-10,15-16,19-20,23-25,36,44H,4-5,7-8,11-14,17-18,35H2,1-2H3,(H,37,38,39)/t20-,23?,25?,29?,30?/m1/s1. The van der Waals surface area contributed by atoms with Gasteiger partial charge in [0.2, 0.25) is 5.88 Å². The molecule has 3 aliphatic heterocycles. The van der Waals surface area contributed by atoms with Crippen LogP contribution in [0.2, 0.25) is 0 Å². The number of aliphatic hydroxyl groups is 1. The maximum Gasteiger partial charge on any atom is 0.433 e. The fourth-order valence-corrected chi connectivity index (χ4v) is 6.96. The lowest BCUT2D eigenvalue weighted by atomic mass is 9.64. The summed E-state index contributed by atoms with van der Waals surface area (Å²) in [5.74, 6) is 0.928. The van der Waals surface area contributed by atoms with Crippen LogP contribution in [-0.4, -0.2) is 81.4 Å². The van der Waals surface area contributed by atoms with Gasteiger partial charge in [0.1, 0.15) is 29.5 Å². The summed E-state index contributed by atoms with van der Waals surface area (Å²) in [6.07, 6.45) is 7.53. The highest BCUT2D eigenvalue weighted by atomic mass is 19.4. The third-order valence-corrected chi connectivity index (χ3v) is 9.63. The average Bonchev–Trinajstić information content (AvgIpc) is 3.66. The van der Waals surface area contributed by atoms with Crippen LogP contribution in [0.3, 0.4) is 0 Å². The molecule has 1 saturated carbocycles. The largest absolute Gasteiger partial charge is 0.474 e. The van der Waals surface area contributed by atoms with Crippen molar-refractivity contribution in [2.75, 3.05) is 26.2 Å². The van der Waals surface area contributed by atoms with Crippen molar-refractivity contribution < 1.29 is 23.0 Å². The summed E-state index contributed by atoms with van der Waals surface area (Å²) in [4.78, 5) is 15.3. The number of rotatable bonds is 11. The monoisotopic (exact) mass is 629 g/mol. The van der Waals surface area contributed by atoms with E-state index < -0.39 is 23.5 Å². The lowest BCUT2D eigenvalue weighted by Crippen LogP contribution is -2.57. The first-order chi connectivity index (χ1) is 21.5. The van der Waals surface area contributed by atoms with Gasteiger partial charge in [0, 0.05) is 62.0 Å². The number of halogens is 3. The number of hydrogen-bond acceptors (Lipinski definition) is 10. The molecule has 11 nitrogen and oxygen atoms in total. The predicted octanol–water partition coefficient (Wildman–Crippen LogP) is 2.81. The Morgan fingerprint density at radius 3 is 2.73 bits per heavy atom. The molecule has 0 amide bonds. The summed E-state index contributed by atoms with van der Waals surface area (Å²) in [7, 11) is 0. The first-order valence-electron chi connectivity index (χ1n) is 15.6. The van der Waals surface area contributed by atoms with E-state index in [0.29, 0.717) is 31.0 Å². The Hall–Kier alpha value is -3.33. The Kier molecular flexibility index (Phi) is 8.76. The van der Waals surface area contributed by atoms with Gasteiger partial charge >= 0.3 is 6.18 Å².